The summed E-state index contributed by atoms with van der Waals surface area (Å²) < 4.78 is 11.8. The molecule has 0 atom stereocenters. The van der Waals surface area contributed by atoms with Crippen molar-refractivity contribution in [3.8, 4) is 17.6 Å². The van der Waals surface area contributed by atoms with Crippen LogP contribution in [0.5, 0.6) is 11.5 Å². The molecule has 0 spiro atoms. The number of nitrogens with zero attached hydrogens (tertiary/aromatic N) is 1. The molecule has 0 heterocycles. The van der Waals surface area contributed by atoms with Gasteiger partial charge in [-0.2, -0.15) is 5.26 Å². The van der Waals surface area contributed by atoms with E-state index >= 15 is 0 Å². The number of hydrogen-bond acceptors (Lipinski definition) is 3. The maximum atomic E-state index is 9.52. The molecule has 0 bridgehead atoms. The van der Waals surface area contributed by atoms with Crippen LogP contribution in [-0.2, 0) is 5.41 Å². The van der Waals surface area contributed by atoms with Crippen molar-refractivity contribution >= 4 is 10.8 Å². The van der Waals surface area contributed by atoms with Crippen molar-refractivity contribution in [3.05, 3.63) is 71.8 Å². The predicted octanol–water partition coefficient (Wildman–Crippen LogP) is 5.47. The fourth-order valence-electron chi connectivity index (χ4n) is 3.00. The molecule has 132 valence electrons. The number of benzene rings is 3. The Morgan fingerprint density at radius 1 is 0.808 bits per heavy atom. The van der Waals surface area contributed by atoms with E-state index in [4.69, 9.17) is 9.47 Å². The third kappa shape index (κ3) is 3.81. The Morgan fingerprint density at radius 3 is 2.19 bits per heavy atom. The van der Waals surface area contributed by atoms with Gasteiger partial charge in [-0.25, -0.2) is 0 Å². The van der Waals surface area contributed by atoms with Crippen LogP contribution in [0.15, 0.2) is 60.7 Å². The highest BCUT2D eigenvalue weighted by Crippen LogP contribution is 2.31. The van der Waals surface area contributed by atoms with Crippen molar-refractivity contribution in [3.63, 3.8) is 0 Å². The van der Waals surface area contributed by atoms with Crippen LogP contribution in [0.1, 0.15) is 31.9 Å². The average molecular weight is 345 g/mol. The van der Waals surface area contributed by atoms with Crippen LogP contribution >= 0.6 is 0 Å². The van der Waals surface area contributed by atoms with E-state index in [1.54, 1.807) is 0 Å². The summed E-state index contributed by atoms with van der Waals surface area (Å²) in [5, 5.41) is 11.5. The van der Waals surface area contributed by atoms with Crippen LogP contribution in [-0.4, -0.2) is 13.2 Å². The smallest absolute Gasteiger partial charge is 0.137 e. The van der Waals surface area contributed by atoms with Crippen LogP contribution < -0.4 is 9.47 Å². The van der Waals surface area contributed by atoms with Gasteiger partial charge in [0.2, 0.25) is 0 Å². The highest BCUT2D eigenvalue weighted by molar-refractivity contribution is 5.90. The molecule has 0 aromatic heterocycles. The van der Waals surface area contributed by atoms with E-state index in [-0.39, 0.29) is 5.41 Å². The van der Waals surface area contributed by atoms with Gasteiger partial charge in [0.25, 0.3) is 0 Å². The molecule has 3 aromatic rings. The zero-order valence-corrected chi connectivity index (χ0v) is 15.5. The maximum absolute atomic E-state index is 9.52. The van der Waals surface area contributed by atoms with Crippen molar-refractivity contribution in [1.82, 2.24) is 0 Å². The summed E-state index contributed by atoms with van der Waals surface area (Å²) >= 11 is 0. The van der Waals surface area contributed by atoms with Gasteiger partial charge >= 0.3 is 0 Å². The molecular formula is C23H23NO2. The Bertz CT molecular complexity index is 948. The summed E-state index contributed by atoms with van der Waals surface area (Å²) in [7, 11) is 0. The van der Waals surface area contributed by atoms with Crippen LogP contribution in [0, 0.1) is 11.3 Å². The molecule has 0 radical (unpaired) electrons. The number of hydrogen-bond donors (Lipinski definition) is 0. The number of para-hydroxylation sites is 1. The lowest BCUT2D eigenvalue weighted by atomic mass is 9.86. The lowest BCUT2D eigenvalue weighted by molar-refractivity contribution is 0.214. The average Bonchev–Trinajstić information content (AvgIpc) is 2.64. The van der Waals surface area contributed by atoms with E-state index in [9.17, 15) is 5.26 Å². The lowest BCUT2D eigenvalue weighted by Crippen LogP contribution is -2.16. The van der Waals surface area contributed by atoms with Crippen LogP contribution in [0.4, 0.5) is 0 Å². The Hall–Kier alpha value is -2.99. The second kappa shape index (κ2) is 7.49. The molecule has 0 aliphatic carbocycles. The molecule has 0 N–H and O–H groups in total. The van der Waals surface area contributed by atoms with Gasteiger partial charge in [-0.05, 0) is 28.5 Å². The van der Waals surface area contributed by atoms with E-state index in [1.165, 1.54) is 5.56 Å². The van der Waals surface area contributed by atoms with E-state index in [2.05, 4.69) is 32.9 Å². The van der Waals surface area contributed by atoms with Crippen molar-refractivity contribution < 1.29 is 9.47 Å². The summed E-state index contributed by atoms with van der Waals surface area (Å²) in [4.78, 5) is 0. The van der Waals surface area contributed by atoms with Crippen LogP contribution in [0.3, 0.4) is 0 Å². The summed E-state index contributed by atoms with van der Waals surface area (Å²) in [6, 6.07) is 22.0. The molecule has 0 amide bonds. The van der Waals surface area contributed by atoms with Crippen LogP contribution in [0.25, 0.3) is 10.8 Å². The predicted molar refractivity (Wildman–Crippen MR) is 105 cm³/mol. The summed E-state index contributed by atoms with van der Waals surface area (Å²) in [5.41, 5.74) is 1.76. The zero-order valence-electron chi connectivity index (χ0n) is 15.5. The third-order valence-electron chi connectivity index (χ3n) is 4.30. The first-order valence-electron chi connectivity index (χ1n) is 8.77. The summed E-state index contributed by atoms with van der Waals surface area (Å²) in [6.45, 7) is 7.30. The number of ether oxygens (including phenoxy) is 2. The minimum Gasteiger partial charge on any atom is -0.490 e. The minimum absolute atomic E-state index is 0.0176. The monoisotopic (exact) mass is 345 g/mol. The summed E-state index contributed by atoms with van der Waals surface area (Å²) in [6.07, 6.45) is 0. The molecule has 0 fully saturated rings. The van der Waals surface area contributed by atoms with Gasteiger partial charge in [0.05, 0.1) is 0 Å². The van der Waals surface area contributed by atoms with Crippen LogP contribution in [0.2, 0.25) is 0 Å². The third-order valence-corrected chi connectivity index (χ3v) is 4.30. The summed E-state index contributed by atoms with van der Waals surface area (Å²) in [5.74, 6) is 1.47. The van der Waals surface area contributed by atoms with Gasteiger partial charge in [-0.1, -0.05) is 69.3 Å². The fourth-order valence-corrected chi connectivity index (χ4v) is 3.00. The van der Waals surface area contributed by atoms with E-state index in [0.29, 0.717) is 24.5 Å². The van der Waals surface area contributed by atoms with E-state index < -0.39 is 0 Å². The molecule has 3 aromatic carbocycles. The molecule has 3 rings (SSSR count). The molecular weight excluding hydrogens is 322 g/mol. The van der Waals surface area contributed by atoms with Gasteiger partial charge in [0.15, 0.2) is 0 Å². The van der Waals surface area contributed by atoms with Gasteiger partial charge in [-0.15, -0.1) is 0 Å². The minimum atomic E-state index is 0.0176. The SMILES string of the molecule is CC(C)(C)c1ccccc1OCCOc1ccc2ccccc2c1C#N. The molecule has 0 unspecified atom stereocenters. The van der Waals surface area contributed by atoms with Crippen molar-refractivity contribution in [2.24, 2.45) is 0 Å². The van der Waals surface area contributed by atoms with E-state index in [1.807, 2.05) is 54.6 Å². The Morgan fingerprint density at radius 2 is 1.46 bits per heavy atom. The standard InChI is InChI=1S/C23H23NO2/c1-23(2,3)20-10-6-7-11-22(20)26-15-14-25-21-13-12-17-8-4-5-9-18(17)19(21)16-24/h4-13H,14-15H2,1-3H3. The first-order chi connectivity index (χ1) is 12.5. The Kier molecular flexibility index (Phi) is 5.14. The number of rotatable bonds is 5. The molecule has 0 aliphatic heterocycles. The molecule has 0 aliphatic rings. The second-order valence-corrected chi connectivity index (χ2v) is 7.21. The number of fused-ring (bicyclic) bond motifs is 1. The maximum Gasteiger partial charge on any atom is 0.137 e. The molecule has 26 heavy (non-hydrogen) atoms. The highest BCUT2D eigenvalue weighted by Gasteiger charge is 2.18. The zero-order chi connectivity index (χ0) is 18.6. The van der Waals surface area contributed by atoms with Gasteiger partial charge in [0, 0.05) is 5.39 Å². The van der Waals surface area contributed by atoms with Gasteiger partial charge in [0.1, 0.15) is 36.3 Å². The molecule has 3 nitrogen and oxygen atoms in total. The second-order valence-electron chi connectivity index (χ2n) is 7.21. The van der Waals surface area contributed by atoms with Crippen molar-refractivity contribution in [2.45, 2.75) is 26.2 Å². The fraction of sp³-hybridized carbons (Fsp3) is 0.261. The van der Waals surface area contributed by atoms with Crippen molar-refractivity contribution in [2.75, 3.05) is 13.2 Å². The largest absolute Gasteiger partial charge is 0.490 e. The lowest BCUT2D eigenvalue weighted by Gasteiger charge is -2.22. The van der Waals surface area contributed by atoms with Gasteiger partial charge in [-0.3, -0.25) is 0 Å². The van der Waals surface area contributed by atoms with Gasteiger partial charge < -0.3 is 9.47 Å². The highest BCUT2D eigenvalue weighted by atomic mass is 16.5. The normalized spacial score (nSPS) is 11.2. The first kappa shape index (κ1) is 17.8. The Balaban J connectivity index is 1.69. The first-order valence-corrected chi connectivity index (χ1v) is 8.77. The topological polar surface area (TPSA) is 42.2 Å². The molecule has 0 saturated carbocycles. The Labute approximate surface area is 154 Å². The van der Waals surface area contributed by atoms with Crippen molar-refractivity contribution in [1.29, 1.82) is 5.26 Å². The molecule has 3 heteroatoms. The number of nitriles is 1. The van der Waals surface area contributed by atoms with E-state index in [0.717, 1.165) is 16.5 Å². The molecule has 0 saturated heterocycles. The quantitative estimate of drug-likeness (QED) is 0.576.